The van der Waals surface area contributed by atoms with Crippen LogP contribution in [-0.2, 0) is 15.7 Å². The van der Waals surface area contributed by atoms with Crippen LogP contribution in [0.5, 0.6) is 0 Å². The quantitative estimate of drug-likeness (QED) is 0.713. The molecule has 2 heterocycles. The maximum absolute atomic E-state index is 12.9. The van der Waals surface area contributed by atoms with Gasteiger partial charge in [0, 0.05) is 25.3 Å². The van der Waals surface area contributed by atoms with E-state index in [1.54, 1.807) is 20.8 Å². The van der Waals surface area contributed by atoms with Gasteiger partial charge in [-0.15, -0.1) is 10.2 Å². The molecule has 3 rings (SSSR count). The number of hydrogen-bond acceptors (Lipinski definition) is 7. The lowest BCUT2D eigenvalue weighted by molar-refractivity contribution is -0.137. The van der Waals surface area contributed by atoms with Gasteiger partial charge in [0.05, 0.1) is 18.2 Å². The molecule has 2 aromatic rings. The molecule has 180 valence electrons. The van der Waals surface area contributed by atoms with Crippen molar-refractivity contribution in [2.45, 2.75) is 51.1 Å². The van der Waals surface area contributed by atoms with Crippen LogP contribution in [0.2, 0.25) is 0 Å². The number of aromatic nitrogens is 2. The van der Waals surface area contributed by atoms with Gasteiger partial charge in [-0.1, -0.05) is 6.07 Å². The van der Waals surface area contributed by atoms with Gasteiger partial charge in [-0.05, 0) is 45.4 Å². The monoisotopic (exact) mass is 470 g/mol. The van der Waals surface area contributed by atoms with Gasteiger partial charge < -0.3 is 24.1 Å². The number of carbonyl (C=O) groups is 2. The number of nitrogens with one attached hydrogen (secondary N) is 1. The Balaban J connectivity index is 1.68. The van der Waals surface area contributed by atoms with Gasteiger partial charge in [0.15, 0.2) is 0 Å². The highest BCUT2D eigenvalue weighted by molar-refractivity contribution is 5.90. The van der Waals surface area contributed by atoms with Gasteiger partial charge in [0.25, 0.3) is 0 Å². The van der Waals surface area contributed by atoms with E-state index < -0.39 is 41.3 Å². The van der Waals surface area contributed by atoms with Crippen LogP contribution in [0.3, 0.4) is 0 Å². The molecule has 1 saturated heterocycles. The Hall–Kier alpha value is -3.15. The van der Waals surface area contributed by atoms with E-state index in [4.69, 9.17) is 13.9 Å². The summed E-state index contributed by atoms with van der Waals surface area (Å²) < 4.78 is 54.7. The Bertz CT molecular complexity index is 1000. The molecular weight excluding hydrogens is 445 g/mol. The van der Waals surface area contributed by atoms with Gasteiger partial charge in [0.2, 0.25) is 5.89 Å². The van der Waals surface area contributed by atoms with E-state index in [-0.39, 0.29) is 30.6 Å². The molecule has 2 amide bonds. The zero-order chi connectivity index (χ0) is 24.4. The average molecular weight is 470 g/mol. The van der Waals surface area contributed by atoms with Crippen molar-refractivity contribution in [1.82, 2.24) is 20.4 Å². The Kier molecular flexibility index (Phi) is 6.96. The third-order valence-corrected chi connectivity index (χ3v) is 4.79. The molecule has 0 saturated carbocycles. The highest BCUT2D eigenvalue weighted by Crippen LogP contribution is 2.32. The summed E-state index contributed by atoms with van der Waals surface area (Å²) in [5, 5.41) is 10.0. The van der Waals surface area contributed by atoms with Crippen molar-refractivity contribution >= 4 is 12.0 Å². The molecule has 0 unspecified atom stereocenters. The summed E-state index contributed by atoms with van der Waals surface area (Å²) in [4.78, 5) is 26.6. The van der Waals surface area contributed by atoms with Gasteiger partial charge in [-0.2, -0.15) is 13.2 Å². The van der Waals surface area contributed by atoms with E-state index in [9.17, 15) is 22.8 Å². The Morgan fingerprint density at radius 1 is 1.24 bits per heavy atom. The molecule has 1 fully saturated rings. The number of alkyl halides is 3. The third-order valence-electron chi connectivity index (χ3n) is 4.79. The minimum Gasteiger partial charge on any atom is -0.444 e. The summed E-state index contributed by atoms with van der Waals surface area (Å²) in [6, 6.07) is 3.62. The van der Waals surface area contributed by atoms with Crippen LogP contribution in [0.15, 0.2) is 28.7 Å². The van der Waals surface area contributed by atoms with Crippen LogP contribution in [-0.4, -0.2) is 65.0 Å². The lowest BCUT2D eigenvalue weighted by Crippen LogP contribution is -2.43. The number of carbonyl (C=O) groups excluding carboxylic acids is 2. The largest absolute Gasteiger partial charge is 0.444 e. The number of benzene rings is 1. The number of methoxy groups -OCH3 is 1. The number of hydrogen-bond donors (Lipinski definition) is 1. The molecule has 0 spiro atoms. The zero-order valence-corrected chi connectivity index (χ0v) is 18.6. The molecular formula is C21H25F3N4O5. The van der Waals surface area contributed by atoms with E-state index in [1.165, 1.54) is 24.1 Å². The first-order valence-corrected chi connectivity index (χ1v) is 10.2. The Morgan fingerprint density at radius 3 is 2.61 bits per heavy atom. The number of amides is 2. The highest BCUT2D eigenvalue weighted by atomic mass is 19.4. The predicted molar refractivity (Wildman–Crippen MR) is 109 cm³/mol. The first kappa shape index (κ1) is 24.5. The fraction of sp³-hybridized carbons (Fsp3) is 0.524. The predicted octanol–water partition coefficient (Wildman–Crippen LogP) is 3.51. The summed E-state index contributed by atoms with van der Waals surface area (Å²) in [6.45, 7) is 5.70. The van der Waals surface area contributed by atoms with Gasteiger partial charge in [-0.25, -0.2) is 4.79 Å². The smallest absolute Gasteiger partial charge is 0.416 e. The number of likely N-dealkylation sites (tertiary alicyclic amines) is 1. The molecule has 2 atom stereocenters. The van der Waals surface area contributed by atoms with Crippen LogP contribution < -0.4 is 5.32 Å². The number of halogens is 3. The molecule has 1 aromatic carbocycles. The SMILES string of the molecule is COC[C@@H]1C[C@@H](NC(=O)c2nnc(-c3cccc(C(F)(F)F)c3)o2)CN1C(=O)OC(C)(C)C. The molecule has 0 aliphatic carbocycles. The fourth-order valence-corrected chi connectivity index (χ4v) is 3.42. The third kappa shape index (κ3) is 6.21. The summed E-state index contributed by atoms with van der Waals surface area (Å²) in [6.07, 6.45) is -4.64. The lowest BCUT2D eigenvalue weighted by Gasteiger charge is -2.28. The lowest BCUT2D eigenvalue weighted by atomic mass is 10.1. The molecule has 1 aliphatic rings. The normalized spacial score (nSPS) is 18.9. The Morgan fingerprint density at radius 2 is 1.97 bits per heavy atom. The van der Waals surface area contributed by atoms with Crippen molar-refractivity contribution in [3.05, 3.63) is 35.7 Å². The molecule has 1 aromatic heterocycles. The average Bonchev–Trinajstić information content (AvgIpc) is 3.34. The standard InChI is InChI=1S/C21H25F3N4O5/c1-20(2,3)33-19(30)28-10-14(9-15(28)11-31-4)25-16(29)18-27-26-17(32-18)12-6-5-7-13(8-12)21(22,23)24/h5-8,14-15H,9-11H2,1-4H3,(H,25,29)/t14-,15+/m1/s1. The molecule has 0 radical (unpaired) electrons. The number of ether oxygens (including phenoxy) is 2. The van der Waals surface area contributed by atoms with Gasteiger partial charge in [-0.3, -0.25) is 4.79 Å². The van der Waals surface area contributed by atoms with E-state index in [0.29, 0.717) is 6.42 Å². The summed E-state index contributed by atoms with van der Waals surface area (Å²) in [7, 11) is 1.51. The van der Waals surface area contributed by atoms with E-state index >= 15 is 0 Å². The van der Waals surface area contributed by atoms with Crippen LogP contribution >= 0.6 is 0 Å². The first-order chi connectivity index (χ1) is 15.4. The van der Waals surface area contributed by atoms with Gasteiger partial charge >= 0.3 is 24.1 Å². The number of rotatable bonds is 5. The molecule has 12 heteroatoms. The van der Waals surface area contributed by atoms with Crippen LogP contribution in [0.25, 0.3) is 11.5 Å². The molecule has 33 heavy (non-hydrogen) atoms. The van der Waals surface area contributed by atoms with Crippen LogP contribution in [0.4, 0.5) is 18.0 Å². The second kappa shape index (κ2) is 9.38. The number of nitrogens with zero attached hydrogens (tertiary/aromatic N) is 3. The molecule has 9 nitrogen and oxygen atoms in total. The fourth-order valence-electron chi connectivity index (χ4n) is 3.42. The van der Waals surface area contributed by atoms with Crippen LogP contribution in [0, 0.1) is 0 Å². The first-order valence-electron chi connectivity index (χ1n) is 10.2. The Labute approximate surface area is 188 Å². The van der Waals surface area contributed by atoms with E-state index in [1.807, 2.05) is 0 Å². The summed E-state index contributed by atoms with van der Waals surface area (Å²) in [5.74, 6) is -1.32. The minimum atomic E-state index is -4.53. The van der Waals surface area contributed by atoms with Crippen LogP contribution in [0.1, 0.15) is 43.4 Å². The van der Waals surface area contributed by atoms with Crippen molar-refractivity contribution < 1.29 is 36.7 Å². The zero-order valence-electron chi connectivity index (χ0n) is 18.6. The second-order valence-electron chi connectivity index (χ2n) is 8.64. The topological polar surface area (TPSA) is 107 Å². The maximum atomic E-state index is 12.9. The van der Waals surface area contributed by atoms with Crippen molar-refractivity contribution in [3.8, 4) is 11.5 Å². The summed E-state index contributed by atoms with van der Waals surface area (Å²) in [5.41, 5.74) is -1.52. The van der Waals surface area contributed by atoms with E-state index in [2.05, 4.69) is 15.5 Å². The second-order valence-corrected chi connectivity index (χ2v) is 8.64. The van der Waals surface area contributed by atoms with Crippen molar-refractivity contribution in [2.24, 2.45) is 0 Å². The summed E-state index contributed by atoms with van der Waals surface area (Å²) >= 11 is 0. The van der Waals surface area contributed by atoms with Crippen molar-refractivity contribution in [1.29, 1.82) is 0 Å². The maximum Gasteiger partial charge on any atom is 0.416 e. The minimum absolute atomic E-state index is 0.0356. The molecule has 1 aliphatic heterocycles. The highest BCUT2D eigenvalue weighted by Gasteiger charge is 2.39. The molecule has 0 bridgehead atoms. The van der Waals surface area contributed by atoms with Gasteiger partial charge in [0.1, 0.15) is 5.60 Å². The van der Waals surface area contributed by atoms with E-state index in [0.717, 1.165) is 12.1 Å². The molecule has 1 N–H and O–H groups in total. The van der Waals surface area contributed by atoms with Crippen molar-refractivity contribution in [3.63, 3.8) is 0 Å². The van der Waals surface area contributed by atoms with Crippen molar-refractivity contribution in [2.75, 3.05) is 20.3 Å².